The van der Waals surface area contributed by atoms with Crippen molar-refractivity contribution in [3.63, 3.8) is 0 Å². The molecule has 0 bridgehead atoms. The van der Waals surface area contributed by atoms with Gasteiger partial charge in [-0.05, 0) is 23.8 Å². The predicted octanol–water partition coefficient (Wildman–Crippen LogP) is 5.05. The van der Waals surface area contributed by atoms with E-state index in [1.165, 1.54) is 5.56 Å². The molecule has 3 aromatic rings. The van der Waals surface area contributed by atoms with Crippen LogP contribution in [0.2, 0.25) is 0 Å². The number of H-pyrrole nitrogens is 1. The lowest BCUT2D eigenvalue weighted by molar-refractivity contribution is 0.102. The van der Waals surface area contributed by atoms with E-state index in [9.17, 15) is 4.79 Å². The Balaban J connectivity index is 1.64. The van der Waals surface area contributed by atoms with E-state index in [0.29, 0.717) is 5.75 Å². The number of nitrogens with one attached hydrogen (secondary N) is 1. The normalized spacial score (nSPS) is 10.9. The summed E-state index contributed by atoms with van der Waals surface area (Å²) in [5.41, 5.74) is 3.02. The standard InChI is InChI=1S/C17H14BrNOS/c18-13-5-3-4-12(8-13)10-21-11-17(20)15-9-19-16-7-2-1-6-14(15)16/h1-9,19H,10-11H2. The zero-order chi connectivity index (χ0) is 14.7. The number of fused-ring (bicyclic) bond motifs is 1. The summed E-state index contributed by atoms with van der Waals surface area (Å²) in [6, 6.07) is 16.1. The van der Waals surface area contributed by atoms with E-state index in [4.69, 9.17) is 0 Å². The number of hydrogen-bond acceptors (Lipinski definition) is 2. The van der Waals surface area contributed by atoms with Crippen LogP contribution in [0.5, 0.6) is 0 Å². The highest BCUT2D eigenvalue weighted by Crippen LogP contribution is 2.21. The third-order valence-electron chi connectivity index (χ3n) is 3.28. The van der Waals surface area contributed by atoms with E-state index in [-0.39, 0.29) is 5.78 Å². The number of Topliss-reactive ketones (excluding diaryl/α,β-unsaturated/α-hetero) is 1. The molecule has 1 N–H and O–H groups in total. The zero-order valence-corrected chi connectivity index (χ0v) is 13.7. The topological polar surface area (TPSA) is 32.9 Å². The Morgan fingerprint density at radius 2 is 2.00 bits per heavy atom. The fraction of sp³-hybridized carbons (Fsp3) is 0.118. The molecule has 0 saturated carbocycles. The smallest absolute Gasteiger partial charge is 0.174 e. The summed E-state index contributed by atoms with van der Waals surface area (Å²) in [5.74, 6) is 1.51. The molecule has 1 aromatic heterocycles. The van der Waals surface area contributed by atoms with Crippen LogP contribution in [0.25, 0.3) is 10.9 Å². The second-order valence-electron chi connectivity index (χ2n) is 4.79. The van der Waals surface area contributed by atoms with E-state index in [1.807, 2.05) is 42.6 Å². The highest BCUT2D eigenvalue weighted by Gasteiger charge is 2.11. The first-order chi connectivity index (χ1) is 10.2. The maximum Gasteiger partial charge on any atom is 0.174 e. The van der Waals surface area contributed by atoms with Crippen LogP contribution in [-0.4, -0.2) is 16.5 Å². The van der Waals surface area contributed by atoms with Crippen LogP contribution in [0.15, 0.2) is 59.2 Å². The molecule has 2 aromatic carbocycles. The van der Waals surface area contributed by atoms with Crippen molar-refractivity contribution in [2.75, 3.05) is 5.75 Å². The number of halogens is 1. The van der Waals surface area contributed by atoms with Crippen molar-refractivity contribution in [1.29, 1.82) is 0 Å². The Hall–Kier alpha value is -1.52. The predicted molar refractivity (Wildman–Crippen MR) is 92.9 cm³/mol. The summed E-state index contributed by atoms with van der Waals surface area (Å²) in [6.45, 7) is 0. The molecule has 0 amide bonds. The molecule has 0 atom stereocenters. The van der Waals surface area contributed by atoms with Gasteiger partial charge in [0.25, 0.3) is 0 Å². The Bertz CT molecular complexity index is 781. The number of carbonyl (C=O) groups is 1. The number of benzene rings is 2. The number of para-hydroxylation sites is 1. The minimum atomic E-state index is 0.174. The van der Waals surface area contributed by atoms with Crippen LogP contribution in [0.4, 0.5) is 0 Å². The van der Waals surface area contributed by atoms with Crippen molar-refractivity contribution >= 4 is 44.4 Å². The van der Waals surface area contributed by atoms with Gasteiger partial charge in [-0.3, -0.25) is 4.79 Å². The Morgan fingerprint density at radius 3 is 2.86 bits per heavy atom. The van der Waals surface area contributed by atoms with Crippen molar-refractivity contribution < 1.29 is 4.79 Å². The minimum Gasteiger partial charge on any atom is -0.360 e. The van der Waals surface area contributed by atoms with Gasteiger partial charge in [-0.15, -0.1) is 11.8 Å². The van der Waals surface area contributed by atoms with Gasteiger partial charge in [-0.1, -0.05) is 46.3 Å². The van der Waals surface area contributed by atoms with Crippen molar-refractivity contribution in [3.8, 4) is 0 Å². The molecule has 0 spiro atoms. The number of aromatic nitrogens is 1. The Morgan fingerprint density at radius 1 is 1.14 bits per heavy atom. The largest absolute Gasteiger partial charge is 0.360 e. The monoisotopic (exact) mass is 359 g/mol. The summed E-state index contributed by atoms with van der Waals surface area (Å²) >= 11 is 5.11. The SMILES string of the molecule is O=C(CSCc1cccc(Br)c1)c1c[nH]c2ccccc12. The van der Waals surface area contributed by atoms with Gasteiger partial charge in [-0.2, -0.15) is 0 Å². The molecule has 1 heterocycles. The van der Waals surface area contributed by atoms with Crippen LogP contribution in [-0.2, 0) is 5.75 Å². The number of ketones is 1. The van der Waals surface area contributed by atoms with Gasteiger partial charge in [0.2, 0.25) is 0 Å². The van der Waals surface area contributed by atoms with Gasteiger partial charge in [0.1, 0.15) is 0 Å². The van der Waals surface area contributed by atoms with Crippen LogP contribution in [0.3, 0.4) is 0 Å². The van der Waals surface area contributed by atoms with Crippen molar-refractivity contribution in [1.82, 2.24) is 4.98 Å². The molecule has 0 fully saturated rings. The summed E-state index contributed by atoms with van der Waals surface area (Å²) in [4.78, 5) is 15.5. The van der Waals surface area contributed by atoms with Gasteiger partial charge >= 0.3 is 0 Å². The molecule has 2 nitrogen and oxygen atoms in total. The van der Waals surface area contributed by atoms with Gasteiger partial charge in [0, 0.05) is 32.9 Å². The fourth-order valence-corrected chi connectivity index (χ4v) is 3.57. The van der Waals surface area contributed by atoms with E-state index in [0.717, 1.165) is 26.7 Å². The molecule has 0 aliphatic carbocycles. The highest BCUT2D eigenvalue weighted by molar-refractivity contribution is 9.10. The summed E-state index contributed by atoms with van der Waals surface area (Å²) < 4.78 is 1.07. The Labute approximate surface area is 136 Å². The number of rotatable bonds is 5. The average molecular weight is 360 g/mol. The second kappa shape index (κ2) is 6.50. The molecule has 0 aliphatic rings. The third-order valence-corrected chi connectivity index (χ3v) is 4.78. The minimum absolute atomic E-state index is 0.174. The number of hydrogen-bond donors (Lipinski definition) is 1. The van der Waals surface area contributed by atoms with Crippen LogP contribution in [0.1, 0.15) is 15.9 Å². The lowest BCUT2D eigenvalue weighted by Crippen LogP contribution is -2.01. The third kappa shape index (κ3) is 3.39. The molecule has 21 heavy (non-hydrogen) atoms. The lowest BCUT2D eigenvalue weighted by atomic mass is 10.1. The zero-order valence-electron chi connectivity index (χ0n) is 11.3. The van der Waals surface area contributed by atoms with E-state index in [1.54, 1.807) is 11.8 Å². The highest BCUT2D eigenvalue weighted by atomic mass is 79.9. The molecule has 0 radical (unpaired) electrons. The van der Waals surface area contributed by atoms with Crippen molar-refractivity contribution in [2.24, 2.45) is 0 Å². The maximum atomic E-state index is 12.3. The quantitative estimate of drug-likeness (QED) is 0.646. The van der Waals surface area contributed by atoms with Crippen LogP contribution in [0, 0.1) is 0 Å². The molecule has 0 saturated heterocycles. The number of carbonyl (C=O) groups excluding carboxylic acids is 1. The fourth-order valence-electron chi connectivity index (χ4n) is 2.27. The lowest BCUT2D eigenvalue weighted by Gasteiger charge is -2.02. The molecule has 3 rings (SSSR count). The number of thioether (sulfide) groups is 1. The van der Waals surface area contributed by atoms with Crippen molar-refractivity contribution in [3.05, 3.63) is 70.3 Å². The average Bonchev–Trinajstić information content (AvgIpc) is 2.91. The first-order valence-corrected chi connectivity index (χ1v) is 8.60. The maximum absolute atomic E-state index is 12.3. The number of aromatic amines is 1. The summed E-state index contributed by atoms with van der Waals surface area (Å²) in [7, 11) is 0. The van der Waals surface area contributed by atoms with Gasteiger partial charge in [0.05, 0.1) is 5.75 Å². The van der Waals surface area contributed by atoms with E-state index >= 15 is 0 Å². The van der Waals surface area contributed by atoms with Crippen LogP contribution >= 0.6 is 27.7 Å². The molecule has 0 unspecified atom stereocenters. The van der Waals surface area contributed by atoms with E-state index < -0.39 is 0 Å². The first-order valence-electron chi connectivity index (χ1n) is 6.65. The van der Waals surface area contributed by atoms with Gasteiger partial charge in [0.15, 0.2) is 5.78 Å². The van der Waals surface area contributed by atoms with E-state index in [2.05, 4.69) is 33.0 Å². The molecule has 0 aliphatic heterocycles. The molecular formula is C17H14BrNOS. The first kappa shape index (κ1) is 14.4. The summed E-state index contributed by atoms with van der Waals surface area (Å²) in [6.07, 6.45) is 1.81. The molecule has 106 valence electrons. The second-order valence-corrected chi connectivity index (χ2v) is 6.70. The van der Waals surface area contributed by atoms with Gasteiger partial charge < -0.3 is 4.98 Å². The molecular weight excluding hydrogens is 346 g/mol. The van der Waals surface area contributed by atoms with Crippen LogP contribution < -0.4 is 0 Å². The van der Waals surface area contributed by atoms with Crippen molar-refractivity contribution in [2.45, 2.75) is 5.75 Å². The Kier molecular flexibility index (Phi) is 4.46. The molecule has 4 heteroatoms. The van der Waals surface area contributed by atoms with Gasteiger partial charge in [-0.25, -0.2) is 0 Å². The summed E-state index contributed by atoms with van der Waals surface area (Å²) in [5, 5.41) is 1.01.